The van der Waals surface area contributed by atoms with E-state index in [1.54, 1.807) is 33.4 Å². The van der Waals surface area contributed by atoms with Crippen LogP contribution in [-0.4, -0.2) is 16.1 Å². The first-order valence-electron chi connectivity index (χ1n) is 12.7. The fourth-order valence-electron chi connectivity index (χ4n) is 6.01. The van der Waals surface area contributed by atoms with Gasteiger partial charge in [-0.3, -0.25) is 0 Å². The highest BCUT2D eigenvalue weighted by Crippen LogP contribution is 2.45. The quantitative estimate of drug-likeness (QED) is 0.300. The van der Waals surface area contributed by atoms with Crippen LogP contribution in [0.1, 0.15) is 84.0 Å². The van der Waals surface area contributed by atoms with Crippen LogP contribution >= 0.6 is 0 Å². The molecule has 2 atom stereocenters. The van der Waals surface area contributed by atoms with Crippen molar-refractivity contribution < 1.29 is 0 Å². The normalized spacial score (nSPS) is 15.5. The summed E-state index contributed by atoms with van der Waals surface area (Å²) in [5.41, 5.74) is 14.0. The Morgan fingerprint density at radius 3 is 1.29 bits per heavy atom. The number of hydrogen-bond acceptors (Lipinski definition) is 0. The minimum atomic E-state index is -1.27. The lowest BCUT2D eigenvalue weighted by Crippen LogP contribution is -2.31. The van der Waals surface area contributed by atoms with Crippen LogP contribution in [0.25, 0.3) is 11.1 Å². The van der Waals surface area contributed by atoms with Gasteiger partial charge in [0.2, 0.25) is 0 Å². The van der Waals surface area contributed by atoms with Crippen molar-refractivity contribution in [3.8, 4) is 11.1 Å². The molecule has 2 unspecified atom stereocenters. The first-order chi connectivity index (χ1) is 14.4. The van der Waals surface area contributed by atoms with Gasteiger partial charge in [-0.2, -0.15) is 0 Å². The molecule has 0 N–H and O–H groups in total. The molecule has 0 heterocycles. The Kier molecular flexibility index (Phi) is 7.13. The molecule has 1 aliphatic carbocycles. The molecular weight excluding hydrogens is 404 g/mol. The van der Waals surface area contributed by atoms with Crippen LogP contribution in [0.2, 0.25) is 39.3 Å². The van der Waals surface area contributed by atoms with Gasteiger partial charge in [0.1, 0.15) is 0 Å². The van der Waals surface area contributed by atoms with Gasteiger partial charge in [0.05, 0.1) is 16.1 Å². The molecule has 0 aliphatic heterocycles. The first-order valence-corrected chi connectivity index (χ1v) is 19.8. The van der Waals surface area contributed by atoms with Crippen molar-refractivity contribution in [1.29, 1.82) is 0 Å². The van der Waals surface area contributed by atoms with E-state index in [1.165, 1.54) is 36.8 Å². The van der Waals surface area contributed by atoms with Crippen molar-refractivity contribution >= 4 is 16.1 Å². The molecule has 0 aromatic heterocycles. The van der Waals surface area contributed by atoms with Gasteiger partial charge in [0, 0.05) is 0 Å². The minimum Gasteiger partial charge on any atom is -0.0691 e. The Labute approximate surface area is 194 Å². The summed E-state index contributed by atoms with van der Waals surface area (Å²) in [5.74, 6) is 0. The van der Waals surface area contributed by atoms with E-state index in [9.17, 15) is 0 Å². The molecule has 0 saturated heterocycles. The number of rotatable bonds is 8. The lowest BCUT2D eigenvalue weighted by Gasteiger charge is -2.32. The van der Waals surface area contributed by atoms with E-state index in [0.717, 1.165) is 17.5 Å². The molecule has 31 heavy (non-hydrogen) atoms. The number of aryl methyl sites for hydroxylation is 2. The van der Waals surface area contributed by atoms with Crippen molar-refractivity contribution in [2.45, 2.75) is 110 Å². The Balaban J connectivity index is 2.15. The number of hydrogen-bond donors (Lipinski definition) is 0. The second-order valence-corrected chi connectivity index (χ2v) is 23.2. The number of fused-ring (bicyclic) bond motifs is 3. The van der Waals surface area contributed by atoms with Crippen molar-refractivity contribution in [1.82, 2.24) is 0 Å². The predicted octanol–water partition coefficient (Wildman–Crippen LogP) is 9.40. The fourth-order valence-corrected chi connectivity index (χ4v) is 10.8. The highest BCUT2D eigenvalue weighted by Gasteiger charge is 2.32. The maximum Gasteiger partial charge on any atom is 0.0521 e. The second kappa shape index (κ2) is 9.02. The van der Waals surface area contributed by atoms with Crippen LogP contribution in [0, 0.1) is 13.8 Å². The summed E-state index contributed by atoms with van der Waals surface area (Å²) < 4.78 is 0. The molecule has 0 bridgehead atoms. The van der Waals surface area contributed by atoms with Gasteiger partial charge in [-0.05, 0) is 88.7 Å². The molecule has 2 aromatic carbocycles. The number of benzene rings is 2. The lowest BCUT2D eigenvalue weighted by molar-refractivity contribution is 0.742. The van der Waals surface area contributed by atoms with Crippen LogP contribution in [0.15, 0.2) is 24.3 Å². The smallest absolute Gasteiger partial charge is 0.0521 e. The molecule has 0 amide bonds. The molecule has 0 saturated carbocycles. The third-order valence-corrected chi connectivity index (χ3v) is 13.0. The van der Waals surface area contributed by atoms with E-state index in [2.05, 4.69) is 91.2 Å². The van der Waals surface area contributed by atoms with Crippen LogP contribution in [0.5, 0.6) is 0 Å². The summed E-state index contributed by atoms with van der Waals surface area (Å²) in [4.78, 5) is 0. The molecule has 2 heteroatoms. The summed E-state index contributed by atoms with van der Waals surface area (Å²) in [7, 11) is -2.54. The largest absolute Gasteiger partial charge is 0.0691 e. The van der Waals surface area contributed by atoms with Gasteiger partial charge >= 0.3 is 0 Å². The van der Waals surface area contributed by atoms with E-state index in [4.69, 9.17) is 0 Å². The SMILES string of the molecule is CCCC(c1cc2c(cc1C)Cc1cc(C)c(C(CCC)[Si](C)(C)C)cc1-2)[Si](C)(C)C. The molecular formula is C29H46Si2. The molecule has 0 nitrogen and oxygen atoms in total. The average molecular weight is 451 g/mol. The standard InChI is InChI=1S/C29H46Si2/c1-11-13-28(30(5,6)7)24-18-26-22(15-20(24)3)17-23-16-21(4)25(19-27(23)26)29(14-12-2)31(8,9)10/h15-16,18-19,28-29H,11-14,17H2,1-10H3. The fraction of sp³-hybridized carbons (Fsp3) is 0.586. The summed E-state index contributed by atoms with van der Waals surface area (Å²) in [6.07, 6.45) is 6.33. The van der Waals surface area contributed by atoms with Crippen molar-refractivity contribution in [3.05, 3.63) is 57.6 Å². The zero-order chi connectivity index (χ0) is 23.1. The Bertz CT molecular complexity index is 863. The summed E-state index contributed by atoms with van der Waals surface area (Å²) in [5, 5.41) is 0. The minimum absolute atomic E-state index is 0.756. The maximum atomic E-state index is 2.62. The van der Waals surface area contributed by atoms with Crippen molar-refractivity contribution in [3.63, 3.8) is 0 Å². The molecule has 1 aliphatic rings. The van der Waals surface area contributed by atoms with Crippen molar-refractivity contribution in [2.24, 2.45) is 0 Å². The van der Waals surface area contributed by atoms with Crippen LogP contribution in [-0.2, 0) is 6.42 Å². The van der Waals surface area contributed by atoms with Crippen LogP contribution in [0.3, 0.4) is 0 Å². The highest BCUT2D eigenvalue weighted by molar-refractivity contribution is 6.77. The summed E-state index contributed by atoms with van der Waals surface area (Å²) >= 11 is 0. The van der Waals surface area contributed by atoms with Gasteiger partial charge in [-0.15, -0.1) is 0 Å². The van der Waals surface area contributed by atoms with E-state index >= 15 is 0 Å². The Morgan fingerprint density at radius 2 is 1.00 bits per heavy atom. The lowest BCUT2D eigenvalue weighted by atomic mass is 9.93. The third kappa shape index (κ3) is 4.95. The van der Waals surface area contributed by atoms with E-state index in [-0.39, 0.29) is 0 Å². The van der Waals surface area contributed by atoms with Crippen LogP contribution < -0.4 is 0 Å². The topological polar surface area (TPSA) is 0 Å². The van der Waals surface area contributed by atoms with Gasteiger partial charge < -0.3 is 0 Å². The zero-order valence-corrected chi connectivity index (χ0v) is 24.0. The van der Waals surface area contributed by atoms with Crippen molar-refractivity contribution in [2.75, 3.05) is 0 Å². The van der Waals surface area contributed by atoms with E-state index < -0.39 is 16.1 Å². The van der Waals surface area contributed by atoms with E-state index in [1.807, 2.05) is 0 Å². The van der Waals surface area contributed by atoms with Crippen LogP contribution in [0.4, 0.5) is 0 Å². The Morgan fingerprint density at radius 1 is 0.645 bits per heavy atom. The van der Waals surface area contributed by atoms with Gasteiger partial charge in [-0.25, -0.2) is 0 Å². The first kappa shape index (κ1) is 24.5. The predicted molar refractivity (Wildman–Crippen MR) is 146 cm³/mol. The molecule has 0 fully saturated rings. The van der Waals surface area contributed by atoms with Gasteiger partial charge in [0.25, 0.3) is 0 Å². The second-order valence-electron chi connectivity index (χ2n) is 12.3. The monoisotopic (exact) mass is 450 g/mol. The average Bonchev–Trinajstić information content (AvgIpc) is 2.97. The molecule has 170 valence electrons. The molecule has 3 rings (SSSR count). The maximum absolute atomic E-state index is 2.62. The van der Waals surface area contributed by atoms with Gasteiger partial charge in [-0.1, -0.05) is 90.2 Å². The zero-order valence-electron chi connectivity index (χ0n) is 22.0. The summed E-state index contributed by atoms with van der Waals surface area (Å²) in [6.45, 7) is 24.8. The molecule has 0 radical (unpaired) electrons. The summed E-state index contributed by atoms with van der Waals surface area (Å²) in [6, 6.07) is 10.3. The highest BCUT2D eigenvalue weighted by atomic mass is 28.3. The van der Waals surface area contributed by atoms with Gasteiger partial charge in [0.15, 0.2) is 0 Å². The Hall–Kier alpha value is -1.13. The molecule has 2 aromatic rings. The van der Waals surface area contributed by atoms with E-state index in [0.29, 0.717) is 0 Å². The molecule has 0 spiro atoms. The third-order valence-electron chi connectivity index (χ3n) is 7.65.